The number of nitrogens with zero attached hydrogens (tertiary/aromatic N) is 1. The monoisotopic (exact) mass is 298 g/mol. The van der Waals surface area contributed by atoms with E-state index in [1.807, 2.05) is 12.1 Å². The number of hydrogen-bond donors (Lipinski definition) is 3. The zero-order valence-electron chi connectivity index (χ0n) is 11.8. The van der Waals surface area contributed by atoms with Crippen LogP contribution in [0.1, 0.15) is 17.3 Å². The zero-order valence-corrected chi connectivity index (χ0v) is 11.8. The predicted octanol–water partition coefficient (Wildman–Crippen LogP) is 1.91. The Morgan fingerprint density at radius 3 is 2.95 bits per heavy atom. The third kappa shape index (κ3) is 2.69. The number of aromatic nitrogens is 2. The second-order valence-electron chi connectivity index (χ2n) is 4.84. The first-order valence-electron chi connectivity index (χ1n) is 6.71. The Hall–Kier alpha value is -3.09. The number of aromatic amines is 1. The molecular weight excluding hydrogens is 284 g/mol. The van der Waals surface area contributed by atoms with Gasteiger partial charge < -0.3 is 15.1 Å². The largest absolute Gasteiger partial charge is 0.472 e. The molecule has 0 aliphatic heterocycles. The summed E-state index contributed by atoms with van der Waals surface area (Å²) in [5.41, 5.74) is 1.73. The van der Waals surface area contributed by atoms with Gasteiger partial charge in [-0.2, -0.15) is 5.10 Å². The Labute approximate surface area is 125 Å². The predicted molar refractivity (Wildman–Crippen MR) is 80.4 cm³/mol. The van der Waals surface area contributed by atoms with Crippen LogP contribution in [0.15, 0.2) is 47.4 Å². The smallest absolute Gasteiger partial charge is 0.255 e. The van der Waals surface area contributed by atoms with Crippen molar-refractivity contribution in [3.05, 3.63) is 48.6 Å². The van der Waals surface area contributed by atoms with Gasteiger partial charge in [0, 0.05) is 5.39 Å². The van der Waals surface area contributed by atoms with E-state index >= 15 is 0 Å². The van der Waals surface area contributed by atoms with Gasteiger partial charge in [0.25, 0.3) is 5.91 Å². The maximum absolute atomic E-state index is 12.2. The Kier molecular flexibility index (Phi) is 3.61. The highest BCUT2D eigenvalue weighted by Gasteiger charge is 2.18. The van der Waals surface area contributed by atoms with Crippen molar-refractivity contribution < 1.29 is 14.0 Å². The van der Waals surface area contributed by atoms with Crippen LogP contribution in [0.2, 0.25) is 0 Å². The molecule has 0 radical (unpaired) electrons. The number of nitrogens with one attached hydrogen (secondary N) is 3. The Morgan fingerprint density at radius 1 is 1.32 bits per heavy atom. The molecule has 0 unspecified atom stereocenters. The standard InChI is InChI=1S/C15H14N4O3/c1-9(17-15(21)11-5-6-22-8-11)14(20)18-12-4-2-3-10-7-16-19-13(10)12/h2-9H,1H3,(H,16,19)(H,17,21)(H,18,20)/t9-/m0/s1. The van der Waals surface area contributed by atoms with Crippen molar-refractivity contribution in [2.24, 2.45) is 0 Å². The molecule has 3 rings (SSSR count). The molecule has 0 bridgehead atoms. The lowest BCUT2D eigenvalue weighted by atomic mass is 10.2. The molecule has 3 N–H and O–H groups in total. The van der Waals surface area contributed by atoms with E-state index < -0.39 is 6.04 Å². The molecule has 3 aromatic rings. The number of rotatable bonds is 4. The summed E-state index contributed by atoms with van der Waals surface area (Å²) in [6.45, 7) is 1.61. The molecule has 0 saturated carbocycles. The van der Waals surface area contributed by atoms with Gasteiger partial charge in [0.15, 0.2) is 0 Å². The van der Waals surface area contributed by atoms with E-state index in [2.05, 4.69) is 20.8 Å². The van der Waals surface area contributed by atoms with Gasteiger partial charge >= 0.3 is 0 Å². The summed E-state index contributed by atoms with van der Waals surface area (Å²) in [6.07, 6.45) is 4.40. The van der Waals surface area contributed by atoms with Gasteiger partial charge in [-0.3, -0.25) is 14.7 Å². The normalized spacial score (nSPS) is 12.0. The molecule has 0 aliphatic rings. The number of amides is 2. The molecule has 2 heterocycles. The average molecular weight is 298 g/mol. The maximum Gasteiger partial charge on any atom is 0.255 e. The highest BCUT2D eigenvalue weighted by molar-refractivity contribution is 6.04. The second kappa shape index (κ2) is 5.72. The van der Waals surface area contributed by atoms with Crippen molar-refractivity contribution in [3.8, 4) is 0 Å². The summed E-state index contributed by atoms with van der Waals surface area (Å²) in [7, 11) is 0. The van der Waals surface area contributed by atoms with Crippen LogP contribution >= 0.6 is 0 Å². The van der Waals surface area contributed by atoms with Crippen LogP contribution < -0.4 is 10.6 Å². The minimum Gasteiger partial charge on any atom is -0.472 e. The number of benzene rings is 1. The highest BCUT2D eigenvalue weighted by atomic mass is 16.3. The van der Waals surface area contributed by atoms with Crippen LogP contribution in [-0.2, 0) is 4.79 Å². The first-order chi connectivity index (χ1) is 10.6. The molecule has 2 aromatic heterocycles. The fourth-order valence-corrected chi connectivity index (χ4v) is 2.05. The lowest BCUT2D eigenvalue weighted by Crippen LogP contribution is -2.41. The van der Waals surface area contributed by atoms with Crippen LogP contribution in [0.3, 0.4) is 0 Å². The fourth-order valence-electron chi connectivity index (χ4n) is 2.05. The van der Waals surface area contributed by atoms with Crippen LogP contribution in [0, 0.1) is 0 Å². The second-order valence-corrected chi connectivity index (χ2v) is 4.84. The highest BCUT2D eigenvalue weighted by Crippen LogP contribution is 2.20. The van der Waals surface area contributed by atoms with Crippen molar-refractivity contribution in [2.45, 2.75) is 13.0 Å². The Bertz CT molecular complexity index is 807. The SMILES string of the molecule is C[C@H](NC(=O)c1ccoc1)C(=O)Nc1cccc2cn[nH]c12. The first kappa shape index (κ1) is 13.9. The molecule has 1 atom stereocenters. The molecule has 7 nitrogen and oxygen atoms in total. The van der Waals surface area contributed by atoms with Crippen molar-refractivity contribution in [3.63, 3.8) is 0 Å². The number of fused-ring (bicyclic) bond motifs is 1. The third-order valence-electron chi connectivity index (χ3n) is 3.26. The van der Waals surface area contributed by atoms with Crippen molar-refractivity contribution in [1.29, 1.82) is 0 Å². The maximum atomic E-state index is 12.2. The average Bonchev–Trinajstić information content (AvgIpc) is 3.18. The van der Waals surface area contributed by atoms with Crippen LogP contribution in [0.4, 0.5) is 5.69 Å². The molecule has 0 aliphatic carbocycles. The summed E-state index contributed by atoms with van der Waals surface area (Å²) in [6, 6.07) is 6.32. The summed E-state index contributed by atoms with van der Waals surface area (Å²) < 4.78 is 4.84. The Morgan fingerprint density at radius 2 is 2.18 bits per heavy atom. The zero-order chi connectivity index (χ0) is 15.5. The van der Waals surface area contributed by atoms with Gasteiger partial charge in [-0.05, 0) is 19.1 Å². The lowest BCUT2D eigenvalue weighted by Gasteiger charge is -2.14. The molecule has 0 saturated heterocycles. The van der Waals surface area contributed by atoms with Gasteiger partial charge in [-0.1, -0.05) is 12.1 Å². The number of anilines is 1. The molecule has 7 heteroatoms. The first-order valence-corrected chi connectivity index (χ1v) is 6.71. The van der Waals surface area contributed by atoms with Gasteiger partial charge in [0.05, 0.1) is 29.2 Å². The van der Waals surface area contributed by atoms with E-state index in [1.54, 1.807) is 19.2 Å². The summed E-state index contributed by atoms with van der Waals surface area (Å²) in [4.78, 5) is 24.1. The van der Waals surface area contributed by atoms with Crippen LogP contribution in [-0.4, -0.2) is 28.1 Å². The molecule has 1 aromatic carbocycles. The van der Waals surface area contributed by atoms with Crippen molar-refractivity contribution in [2.75, 3.05) is 5.32 Å². The number of carbonyl (C=O) groups excluding carboxylic acids is 2. The minimum atomic E-state index is -0.694. The number of H-pyrrole nitrogens is 1. The Balaban J connectivity index is 1.69. The van der Waals surface area contributed by atoms with E-state index in [9.17, 15) is 9.59 Å². The van der Waals surface area contributed by atoms with Gasteiger partial charge in [-0.25, -0.2) is 0 Å². The minimum absolute atomic E-state index is 0.320. The molecular formula is C15H14N4O3. The van der Waals surface area contributed by atoms with Gasteiger partial charge in [0.1, 0.15) is 12.3 Å². The molecule has 112 valence electrons. The van der Waals surface area contributed by atoms with E-state index in [0.717, 1.165) is 10.9 Å². The number of furan rings is 1. The number of carbonyl (C=O) groups is 2. The quantitative estimate of drug-likeness (QED) is 0.685. The number of para-hydroxylation sites is 1. The van der Waals surface area contributed by atoms with E-state index in [-0.39, 0.29) is 11.8 Å². The molecule has 2 amide bonds. The number of hydrogen-bond acceptors (Lipinski definition) is 4. The van der Waals surface area contributed by atoms with Crippen molar-refractivity contribution >= 4 is 28.4 Å². The van der Waals surface area contributed by atoms with Crippen LogP contribution in [0.5, 0.6) is 0 Å². The fraction of sp³-hybridized carbons (Fsp3) is 0.133. The van der Waals surface area contributed by atoms with E-state index in [0.29, 0.717) is 11.3 Å². The third-order valence-corrected chi connectivity index (χ3v) is 3.26. The molecule has 0 spiro atoms. The summed E-state index contributed by atoms with van der Waals surface area (Å²) >= 11 is 0. The van der Waals surface area contributed by atoms with Gasteiger partial charge in [0.2, 0.25) is 5.91 Å². The molecule has 0 fully saturated rings. The van der Waals surface area contributed by atoms with Crippen LogP contribution in [0.25, 0.3) is 10.9 Å². The van der Waals surface area contributed by atoms with E-state index in [4.69, 9.17) is 4.42 Å². The van der Waals surface area contributed by atoms with Crippen molar-refractivity contribution in [1.82, 2.24) is 15.5 Å². The lowest BCUT2D eigenvalue weighted by molar-refractivity contribution is -0.117. The van der Waals surface area contributed by atoms with E-state index in [1.165, 1.54) is 18.6 Å². The summed E-state index contributed by atoms with van der Waals surface area (Å²) in [5, 5.41) is 13.0. The molecule has 22 heavy (non-hydrogen) atoms. The summed E-state index contributed by atoms with van der Waals surface area (Å²) in [5.74, 6) is -0.685. The topological polar surface area (TPSA) is 100 Å². The van der Waals surface area contributed by atoms with Gasteiger partial charge in [-0.15, -0.1) is 0 Å².